The van der Waals surface area contributed by atoms with Gasteiger partial charge in [-0.05, 0) is 36.4 Å². The van der Waals surface area contributed by atoms with Crippen LogP contribution in [-0.2, 0) is 6.42 Å². The standard InChI is InChI=1S/C17H11FO3/c18-14-7-5-11(6-8-14)15(19)10-13-9-12-3-1-2-4-16(12)21-17(13)20/h1-9H,10H2. The second-order valence-electron chi connectivity index (χ2n) is 4.70. The van der Waals surface area contributed by atoms with E-state index >= 15 is 0 Å². The van der Waals surface area contributed by atoms with Crippen LogP contribution < -0.4 is 5.63 Å². The van der Waals surface area contributed by atoms with Gasteiger partial charge < -0.3 is 4.42 Å². The van der Waals surface area contributed by atoms with Crippen LogP contribution in [0.4, 0.5) is 4.39 Å². The predicted molar refractivity (Wildman–Crippen MR) is 76.9 cm³/mol. The summed E-state index contributed by atoms with van der Waals surface area (Å²) in [5, 5.41) is 0.763. The molecule has 3 rings (SSSR count). The number of benzene rings is 2. The highest BCUT2D eigenvalue weighted by molar-refractivity contribution is 5.97. The first kappa shape index (κ1) is 13.2. The molecule has 3 nitrogen and oxygen atoms in total. The molecule has 104 valence electrons. The fraction of sp³-hybridized carbons (Fsp3) is 0.0588. The van der Waals surface area contributed by atoms with Crippen molar-refractivity contribution in [3.8, 4) is 0 Å². The molecule has 0 atom stereocenters. The van der Waals surface area contributed by atoms with E-state index in [4.69, 9.17) is 4.42 Å². The number of Topliss-reactive ketones (excluding diaryl/α,β-unsaturated/α-hetero) is 1. The third-order valence-corrected chi connectivity index (χ3v) is 3.23. The molecule has 21 heavy (non-hydrogen) atoms. The van der Waals surface area contributed by atoms with E-state index < -0.39 is 11.4 Å². The van der Waals surface area contributed by atoms with E-state index in [1.165, 1.54) is 24.3 Å². The van der Waals surface area contributed by atoms with Crippen molar-refractivity contribution in [2.45, 2.75) is 6.42 Å². The van der Waals surface area contributed by atoms with Gasteiger partial charge in [0, 0.05) is 22.9 Å². The molecule has 4 heteroatoms. The van der Waals surface area contributed by atoms with Gasteiger partial charge in [0.15, 0.2) is 5.78 Å². The molecule has 0 N–H and O–H groups in total. The highest BCUT2D eigenvalue weighted by Crippen LogP contribution is 2.14. The van der Waals surface area contributed by atoms with Gasteiger partial charge in [-0.25, -0.2) is 9.18 Å². The van der Waals surface area contributed by atoms with Crippen LogP contribution in [0.15, 0.2) is 63.8 Å². The molecule has 0 saturated carbocycles. The average molecular weight is 282 g/mol. The fourth-order valence-corrected chi connectivity index (χ4v) is 2.14. The second kappa shape index (κ2) is 5.32. The number of hydrogen-bond acceptors (Lipinski definition) is 3. The maximum absolute atomic E-state index is 12.8. The molecule has 1 aromatic heterocycles. The van der Waals surface area contributed by atoms with Crippen molar-refractivity contribution in [1.29, 1.82) is 0 Å². The molecule has 0 fully saturated rings. The van der Waals surface area contributed by atoms with Crippen LogP contribution in [0.3, 0.4) is 0 Å². The van der Waals surface area contributed by atoms with Crippen LogP contribution in [-0.4, -0.2) is 5.78 Å². The Morgan fingerprint density at radius 2 is 1.76 bits per heavy atom. The van der Waals surface area contributed by atoms with Gasteiger partial charge in [0.1, 0.15) is 11.4 Å². The number of para-hydroxylation sites is 1. The molecule has 0 bridgehead atoms. The predicted octanol–water partition coefficient (Wildman–Crippen LogP) is 3.36. The summed E-state index contributed by atoms with van der Waals surface area (Å²) in [6.45, 7) is 0. The zero-order valence-electron chi connectivity index (χ0n) is 11.0. The minimum Gasteiger partial charge on any atom is -0.423 e. The van der Waals surface area contributed by atoms with E-state index in [1.807, 2.05) is 12.1 Å². The number of rotatable bonds is 3. The molecule has 0 amide bonds. The molecule has 0 radical (unpaired) electrons. The SMILES string of the molecule is O=C(Cc1cc2ccccc2oc1=O)c1ccc(F)cc1. The van der Waals surface area contributed by atoms with Crippen molar-refractivity contribution >= 4 is 16.8 Å². The molecular weight excluding hydrogens is 271 g/mol. The summed E-state index contributed by atoms with van der Waals surface area (Å²) in [4.78, 5) is 24.0. The first-order valence-electron chi connectivity index (χ1n) is 6.44. The smallest absolute Gasteiger partial charge is 0.339 e. The Balaban J connectivity index is 1.94. The number of fused-ring (bicyclic) bond motifs is 1. The number of carbonyl (C=O) groups excluding carboxylic acids is 1. The van der Waals surface area contributed by atoms with Crippen LogP contribution >= 0.6 is 0 Å². The molecule has 0 saturated heterocycles. The number of halogens is 1. The summed E-state index contributed by atoms with van der Waals surface area (Å²) in [5.41, 5.74) is 0.622. The molecule has 2 aromatic carbocycles. The van der Waals surface area contributed by atoms with Crippen molar-refractivity contribution in [2.24, 2.45) is 0 Å². The maximum Gasteiger partial charge on any atom is 0.339 e. The molecule has 0 aliphatic heterocycles. The van der Waals surface area contributed by atoms with Crippen LogP contribution in [0, 0.1) is 5.82 Å². The van der Waals surface area contributed by atoms with Crippen LogP contribution in [0.5, 0.6) is 0 Å². The Labute approximate surface area is 119 Å². The Bertz CT molecular complexity index is 863. The zero-order valence-corrected chi connectivity index (χ0v) is 11.0. The lowest BCUT2D eigenvalue weighted by molar-refractivity contribution is 0.0992. The summed E-state index contributed by atoms with van der Waals surface area (Å²) in [5.74, 6) is -0.658. The van der Waals surface area contributed by atoms with Gasteiger partial charge in [-0.3, -0.25) is 4.79 Å². The molecular formula is C17H11FO3. The second-order valence-corrected chi connectivity index (χ2v) is 4.70. The minimum absolute atomic E-state index is 0.0706. The molecule has 3 aromatic rings. The van der Waals surface area contributed by atoms with Crippen LogP contribution in [0.2, 0.25) is 0 Å². The van der Waals surface area contributed by atoms with Gasteiger partial charge in [-0.2, -0.15) is 0 Å². The Kier molecular flexibility index (Phi) is 3.36. The molecule has 0 spiro atoms. The lowest BCUT2D eigenvalue weighted by atomic mass is 10.0. The summed E-state index contributed by atoms with van der Waals surface area (Å²) in [6.07, 6.45) is -0.0706. The summed E-state index contributed by atoms with van der Waals surface area (Å²) >= 11 is 0. The van der Waals surface area contributed by atoms with Crippen molar-refractivity contribution in [2.75, 3.05) is 0 Å². The summed E-state index contributed by atoms with van der Waals surface area (Å²) < 4.78 is 18.0. The van der Waals surface area contributed by atoms with Crippen LogP contribution in [0.25, 0.3) is 11.0 Å². The third kappa shape index (κ3) is 2.74. The van der Waals surface area contributed by atoms with Crippen molar-refractivity contribution in [1.82, 2.24) is 0 Å². The van der Waals surface area contributed by atoms with E-state index in [1.54, 1.807) is 18.2 Å². The van der Waals surface area contributed by atoms with Crippen molar-refractivity contribution in [3.63, 3.8) is 0 Å². The largest absolute Gasteiger partial charge is 0.423 e. The topological polar surface area (TPSA) is 47.3 Å². The summed E-state index contributed by atoms with van der Waals surface area (Å²) in [6, 6.07) is 14.0. The molecule has 1 heterocycles. The van der Waals surface area contributed by atoms with E-state index in [0.717, 1.165) is 5.39 Å². The Hall–Kier alpha value is -2.75. The van der Waals surface area contributed by atoms with Crippen LogP contribution in [0.1, 0.15) is 15.9 Å². The highest BCUT2D eigenvalue weighted by atomic mass is 19.1. The van der Waals surface area contributed by atoms with E-state index in [-0.39, 0.29) is 12.2 Å². The first-order valence-corrected chi connectivity index (χ1v) is 6.44. The van der Waals surface area contributed by atoms with E-state index in [9.17, 15) is 14.0 Å². The average Bonchev–Trinajstić information content (AvgIpc) is 2.48. The molecule has 0 aliphatic rings. The highest BCUT2D eigenvalue weighted by Gasteiger charge is 2.12. The van der Waals surface area contributed by atoms with E-state index in [2.05, 4.69) is 0 Å². The first-order chi connectivity index (χ1) is 10.1. The third-order valence-electron chi connectivity index (χ3n) is 3.23. The number of hydrogen-bond donors (Lipinski definition) is 0. The van der Waals surface area contributed by atoms with Crippen molar-refractivity contribution in [3.05, 3.63) is 82.0 Å². The monoisotopic (exact) mass is 282 g/mol. The van der Waals surface area contributed by atoms with Gasteiger partial charge in [-0.1, -0.05) is 18.2 Å². The lowest BCUT2D eigenvalue weighted by Gasteiger charge is -2.02. The maximum atomic E-state index is 12.8. The zero-order chi connectivity index (χ0) is 14.8. The normalized spacial score (nSPS) is 10.7. The summed E-state index contributed by atoms with van der Waals surface area (Å²) in [7, 11) is 0. The molecule has 0 unspecified atom stereocenters. The van der Waals surface area contributed by atoms with Gasteiger partial charge in [-0.15, -0.1) is 0 Å². The molecule has 0 aliphatic carbocycles. The number of ketones is 1. The Morgan fingerprint density at radius 3 is 2.52 bits per heavy atom. The fourth-order valence-electron chi connectivity index (χ4n) is 2.14. The minimum atomic E-state index is -0.524. The lowest BCUT2D eigenvalue weighted by Crippen LogP contribution is -2.13. The van der Waals surface area contributed by atoms with Gasteiger partial charge in [0.05, 0.1) is 0 Å². The Morgan fingerprint density at radius 1 is 1.05 bits per heavy atom. The quantitative estimate of drug-likeness (QED) is 0.546. The number of carbonyl (C=O) groups is 1. The van der Waals surface area contributed by atoms with Gasteiger partial charge in [0.25, 0.3) is 0 Å². The van der Waals surface area contributed by atoms with Crippen molar-refractivity contribution < 1.29 is 13.6 Å². The van der Waals surface area contributed by atoms with Gasteiger partial charge in [0.2, 0.25) is 0 Å². The van der Waals surface area contributed by atoms with Gasteiger partial charge >= 0.3 is 5.63 Å². The van der Waals surface area contributed by atoms with E-state index in [0.29, 0.717) is 16.7 Å².